The molecule has 0 bridgehead atoms. The minimum Gasteiger partial charge on any atom is -0.307 e. The Labute approximate surface area is 90.2 Å². The standard InChI is InChI=1S/C10H21BrN2/c1-10(2,7-12-8-11)9-4-5-13(3)6-9/h9,12H,4-8H2,1-3H3. The van der Waals surface area contributed by atoms with E-state index in [0.717, 1.165) is 17.9 Å². The van der Waals surface area contributed by atoms with E-state index in [-0.39, 0.29) is 0 Å². The fourth-order valence-electron chi connectivity index (χ4n) is 2.09. The molecule has 1 atom stereocenters. The van der Waals surface area contributed by atoms with Crippen molar-refractivity contribution in [2.45, 2.75) is 20.3 Å². The Morgan fingerprint density at radius 2 is 2.23 bits per heavy atom. The molecule has 1 aliphatic rings. The second kappa shape index (κ2) is 4.76. The predicted octanol–water partition coefficient (Wildman–Crippen LogP) is 1.91. The van der Waals surface area contributed by atoms with E-state index in [0.29, 0.717) is 5.41 Å². The number of halogens is 1. The highest BCUT2D eigenvalue weighted by Gasteiger charge is 2.33. The SMILES string of the molecule is CN1CCC(C(C)(C)CNCBr)C1. The van der Waals surface area contributed by atoms with Crippen LogP contribution in [0.2, 0.25) is 0 Å². The monoisotopic (exact) mass is 248 g/mol. The lowest BCUT2D eigenvalue weighted by molar-refractivity contribution is 0.210. The summed E-state index contributed by atoms with van der Waals surface area (Å²) in [5.74, 6) is 0.851. The van der Waals surface area contributed by atoms with E-state index in [1.54, 1.807) is 0 Å². The van der Waals surface area contributed by atoms with Gasteiger partial charge >= 0.3 is 0 Å². The highest BCUT2D eigenvalue weighted by atomic mass is 79.9. The molecule has 0 aromatic heterocycles. The molecule has 78 valence electrons. The maximum atomic E-state index is 3.40. The summed E-state index contributed by atoms with van der Waals surface area (Å²) in [6.07, 6.45) is 1.35. The van der Waals surface area contributed by atoms with E-state index < -0.39 is 0 Å². The van der Waals surface area contributed by atoms with Gasteiger partial charge in [-0.2, -0.15) is 0 Å². The summed E-state index contributed by atoms with van der Waals surface area (Å²) in [7, 11) is 2.22. The van der Waals surface area contributed by atoms with Gasteiger partial charge in [0.15, 0.2) is 0 Å². The normalized spacial score (nSPS) is 25.4. The number of hydrogen-bond acceptors (Lipinski definition) is 2. The van der Waals surface area contributed by atoms with Crippen molar-refractivity contribution >= 4 is 15.9 Å². The first kappa shape index (κ1) is 11.5. The smallest absolute Gasteiger partial charge is 0.0517 e. The van der Waals surface area contributed by atoms with Crippen molar-refractivity contribution in [2.24, 2.45) is 11.3 Å². The fourth-order valence-corrected chi connectivity index (χ4v) is 2.28. The molecular formula is C10H21BrN2. The molecule has 0 spiro atoms. The number of nitrogens with zero attached hydrogens (tertiary/aromatic N) is 1. The summed E-state index contributed by atoms with van der Waals surface area (Å²) in [5.41, 5.74) is 1.33. The zero-order valence-electron chi connectivity index (χ0n) is 8.94. The van der Waals surface area contributed by atoms with Crippen LogP contribution >= 0.6 is 15.9 Å². The Kier molecular flexibility index (Phi) is 4.20. The molecule has 1 aliphatic heterocycles. The second-order valence-electron chi connectivity index (χ2n) is 4.80. The van der Waals surface area contributed by atoms with Crippen LogP contribution in [0, 0.1) is 11.3 Å². The molecule has 13 heavy (non-hydrogen) atoms. The van der Waals surface area contributed by atoms with Gasteiger partial charge in [0.05, 0.1) is 5.45 Å². The van der Waals surface area contributed by atoms with E-state index in [9.17, 15) is 0 Å². The van der Waals surface area contributed by atoms with E-state index in [2.05, 4.69) is 47.0 Å². The van der Waals surface area contributed by atoms with Crippen LogP contribution in [0.15, 0.2) is 0 Å². The summed E-state index contributed by atoms with van der Waals surface area (Å²) in [6, 6.07) is 0. The summed E-state index contributed by atoms with van der Waals surface area (Å²) < 4.78 is 0. The van der Waals surface area contributed by atoms with Gasteiger partial charge in [0.2, 0.25) is 0 Å². The lowest BCUT2D eigenvalue weighted by atomic mass is 9.78. The third kappa shape index (κ3) is 3.22. The van der Waals surface area contributed by atoms with E-state index in [1.807, 2.05) is 0 Å². The zero-order chi connectivity index (χ0) is 9.90. The Balaban J connectivity index is 2.39. The van der Waals surface area contributed by atoms with Crippen molar-refractivity contribution in [3.05, 3.63) is 0 Å². The molecule has 3 heteroatoms. The first-order valence-corrected chi connectivity index (χ1v) is 6.13. The van der Waals surface area contributed by atoms with Crippen LogP contribution in [0.1, 0.15) is 20.3 Å². The van der Waals surface area contributed by atoms with Gasteiger partial charge in [0.25, 0.3) is 0 Å². The van der Waals surface area contributed by atoms with Crippen LogP contribution < -0.4 is 5.32 Å². The predicted molar refractivity (Wildman–Crippen MR) is 61.2 cm³/mol. The number of alkyl halides is 1. The maximum absolute atomic E-state index is 3.40. The Morgan fingerprint density at radius 3 is 2.69 bits per heavy atom. The summed E-state index contributed by atoms with van der Waals surface area (Å²) in [4.78, 5) is 2.43. The number of nitrogens with one attached hydrogen (secondary N) is 1. The van der Waals surface area contributed by atoms with Gasteiger partial charge in [-0.15, -0.1) is 0 Å². The van der Waals surface area contributed by atoms with Gasteiger partial charge in [-0.25, -0.2) is 0 Å². The van der Waals surface area contributed by atoms with Gasteiger partial charge < -0.3 is 10.2 Å². The van der Waals surface area contributed by atoms with Gasteiger partial charge in [0, 0.05) is 13.1 Å². The first-order chi connectivity index (χ1) is 6.06. The third-order valence-corrected chi connectivity index (χ3v) is 3.57. The largest absolute Gasteiger partial charge is 0.307 e. The van der Waals surface area contributed by atoms with Gasteiger partial charge in [0.1, 0.15) is 0 Å². The van der Waals surface area contributed by atoms with E-state index >= 15 is 0 Å². The average molecular weight is 249 g/mol. The Hall–Kier alpha value is 0.400. The lowest BCUT2D eigenvalue weighted by Gasteiger charge is -2.31. The molecule has 1 unspecified atom stereocenters. The third-order valence-electron chi connectivity index (χ3n) is 3.17. The van der Waals surface area contributed by atoms with Crippen LogP contribution in [-0.4, -0.2) is 37.0 Å². The van der Waals surface area contributed by atoms with Gasteiger partial charge in [-0.05, 0) is 31.3 Å². The van der Waals surface area contributed by atoms with Gasteiger partial charge in [-0.3, -0.25) is 0 Å². The molecular weight excluding hydrogens is 228 g/mol. The van der Waals surface area contributed by atoms with Crippen LogP contribution in [0.5, 0.6) is 0 Å². The highest BCUT2D eigenvalue weighted by molar-refractivity contribution is 9.09. The molecule has 0 saturated carbocycles. The van der Waals surface area contributed by atoms with Gasteiger partial charge in [-0.1, -0.05) is 29.8 Å². The van der Waals surface area contributed by atoms with Crippen LogP contribution in [0.4, 0.5) is 0 Å². The van der Waals surface area contributed by atoms with Crippen LogP contribution in [0.3, 0.4) is 0 Å². The molecule has 1 fully saturated rings. The summed E-state index contributed by atoms with van der Waals surface area (Å²) >= 11 is 3.40. The second-order valence-corrected chi connectivity index (χ2v) is 5.36. The van der Waals surface area contributed by atoms with Crippen molar-refractivity contribution in [3.8, 4) is 0 Å². The molecule has 0 aliphatic carbocycles. The minimum absolute atomic E-state index is 0.429. The Morgan fingerprint density at radius 1 is 1.54 bits per heavy atom. The molecule has 0 radical (unpaired) electrons. The molecule has 0 aromatic carbocycles. The maximum Gasteiger partial charge on any atom is 0.0517 e. The number of hydrogen-bond donors (Lipinski definition) is 1. The molecule has 1 heterocycles. The minimum atomic E-state index is 0.429. The van der Waals surface area contributed by atoms with Crippen LogP contribution in [0.25, 0.3) is 0 Å². The van der Waals surface area contributed by atoms with E-state index in [4.69, 9.17) is 0 Å². The molecule has 0 aromatic rings. The molecule has 2 nitrogen and oxygen atoms in total. The highest BCUT2D eigenvalue weighted by Crippen LogP contribution is 2.33. The number of likely N-dealkylation sites (tertiary alicyclic amines) is 1. The molecule has 0 amide bonds. The molecule has 1 rings (SSSR count). The lowest BCUT2D eigenvalue weighted by Crippen LogP contribution is -2.36. The first-order valence-electron chi connectivity index (χ1n) is 5.01. The van der Waals surface area contributed by atoms with Crippen LogP contribution in [-0.2, 0) is 0 Å². The zero-order valence-corrected chi connectivity index (χ0v) is 10.5. The summed E-state index contributed by atoms with van der Waals surface area (Å²) in [6.45, 7) is 8.37. The Bertz CT molecular complexity index is 159. The fraction of sp³-hybridized carbons (Fsp3) is 1.00. The van der Waals surface area contributed by atoms with E-state index in [1.165, 1.54) is 19.5 Å². The molecule has 1 saturated heterocycles. The molecule has 1 N–H and O–H groups in total. The van der Waals surface area contributed by atoms with Crippen molar-refractivity contribution in [1.82, 2.24) is 10.2 Å². The quantitative estimate of drug-likeness (QED) is 0.604. The average Bonchev–Trinajstić information content (AvgIpc) is 2.49. The topological polar surface area (TPSA) is 15.3 Å². The number of rotatable bonds is 4. The van der Waals surface area contributed by atoms with Crippen molar-refractivity contribution in [1.29, 1.82) is 0 Å². The van der Waals surface area contributed by atoms with Crippen molar-refractivity contribution in [3.63, 3.8) is 0 Å². The van der Waals surface area contributed by atoms with Crippen molar-refractivity contribution in [2.75, 3.05) is 32.1 Å². The summed E-state index contributed by atoms with van der Waals surface area (Å²) in [5, 5.41) is 3.38. The van der Waals surface area contributed by atoms with Crippen molar-refractivity contribution < 1.29 is 0 Å².